The fourth-order valence-corrected chi connectivity index (χ4v) is 2.69. The Bertz CT molecular complexity index is 648. The minimum Gasteiger partial charge on any atom is -0.490 e. The van der Waals surface area contributed by atoms with Gasteiger partial charge in [0, 0.05) is 17.4 Å². The van der Waals surface area contributed by atoms with Crippen LogP contribution in [0, 0.1) is 0 Å². The maximum atomic E-state index is 6.17. The number of anilines is 1. The first-order chi connectivity index (χ1) is 10.2. The lowest BCUT2D eigenvalue weighted by atomic mass is 10.2. The Hall–Kier alpha value is -1.39. The fourth-order valence-electron chi connectivity index (χ4n) is 2.15. The molecule has 110 valence electrons. The third kappa shape index (κ3) is 3.63. The van der Waals surface area contributed by atoms with E-state index in [0.717, 1.165) is 33.6 Å². The highest BCUT2D eigenvalue weighted by atomic mass is 79.9. The van der Waals surface area contributed by atoms with E-state index in [0.29, 0.717) is 24.8 Å². The van der Waals surface area contributed by atoms with Crippen molar-refractivity contribution in [1.82, 2.24) is 0 Å². The second kappa shape index (κ2) is 6.58. The summed E-state index contributed by atoms with van der Waals surface area (Å²) >= 11 is 9.62. The van der Waals surface area contributed by atoms with Gasteiger partial charge in [-0.1, -0.05) is 33.6 Å². The first-order valence-electron chi connectivity index (χ1n) is 6.80. The quantitative estimate of drug-likeness (QED) is 0.838. The summed E-state index contributed by atoms with van der Waals surface area (Å²) in [5.74, 6) is 1.63. The van der Waals surface area contributed by atoms with Crippen molar-refractivity contribution >= 4 is 33.2 Å². The van der Waals surface area contributed by atoms with Gasteiger partial charge in [0.15, 0.2) is 11.5 Å². The Kier molecular flexibility index (Phi) is 4.56. The van der Waals surface area contributed by atoms with Crippen LogP contribution >= 0.6 is 27.5 Å². The first-order valence-corrected chi connectivity index (χ1v) is 7.97. The fraction of sp³-hybridized carbons (Fsp3) is 0.250. The van der Waals surface area contributed by atoms with Crippen molar-refractivity contribution in [2.75, 3.05) is 18.5 Å². The van der Waals surface area contributed by atoms with E-state index >= 15 is 0 Å². The van der Waals surface area contributed by atoms with Crippen molar-refractivity contribution in [3.63, 3.8) is 0 Å². The maximum absolute atomic E-state index is 6.17. The second-order valence-electron chi connectivity index (χ2n) is 4.81. The van der Waals surface area contributed by atoms with E-state index in [9.17, 15) is 0 Å². The van der Waals surface area contributed by atoms with Crippen LogP contribution in [-0.2, 0) is 6.54 Å². The molecule has 0 saturated heterocycles. The molecule has 1 N–H and O–H groups in total. The van der Waals surface area contributed by atoms with E-state index in [-0.39, 0.29) is 0 Å². The summed E-state index contributed by atoms with van der Waals surface area (Å²) in [6, 6.07) is 11.8. The average molecular weight is 369 g/mol. The third-order valence-corrected chi connectivity index (χ3v) is 4.05. The van der Waals surface area contributed by atoms with E-state index in [1.807, 2.05) is 36.4 Å². The maximum Gasteiger partial charge on any atom is 0.161 e. The van der Waals surface area contributed by atoms with Crippen molar-refractivity contribution in [2.45, 2.75) is 13.0 Å². The van der Waals surface area contributed by atoms with Gasteiger partial charge >= 0.3 is 0 Å². The van der Waals surface area contributed by atoms with Gasteiger partial charge in [0.2, 0.25) is 0 Å². The highest BCUT2D eigenvalue weighted by molar-refractivity contribution is 9.10. The summed E-state index contributed by atoms with van der Waals surface area (Å²) in [4.78, 5) is 0. The average Bonchev–Trinajstić information content (AvgIpc) is 2.73. The second-order valence-corrected chi connectivity index (χ2v) is 6.13. The summed E-state index contributed by atoms with van der Waals surface area (Å²) in [6.45, 7) is 2.08. The molecule has 0 amide bonds. The summed E-state index contributed by atoms with van der Waals surface area (Å²) in [5.41, 5.74) is 2.02. The van der Waals surface area contributed by atoms with Crippen molar-refractivity contribution in [2.24, 2.45) is 0 Å². The van der Waals surface area contributed by atoms with Gasteiger partial charge in [0.05, 0.1) is 23.9 Å². The molecule has 2 aromatic carbocycles. The number of halogens is 2. The number of nitrogens with one attached hydrogen (secondary N) is 1. The van der Waals surface area contributed by atoms with Gasteiger partial charge in [-0.3, -0.25) is 0 Å². The van der Waals surface area contributed by atoms with Crippen molar-refractivity contribution < 1.29 is 9.47 Å². The zero-order valence-corrected chi connectivity index (χ0v) is 13.7. The highest BCUT2D eigenvalue weighted by Crippen LogP contribution is 2.31. The molecule has 5 heteroatoms. The predicted molar refractivity (Wildman–Crippen MR) is 88.5 cm³/mol. The van der Waals surface area contributed by atoms with Gasteiger partial charge in [0.25, 0.3) is 0 Å². The molecule has 2 aromatic rings. The van der Waals surface area contributed by atoms with Crippen LogP contribution in [0.2, 0.25) is 5.02 Å². The molecule has 1 aliphatic heterocycles. The molecule has 1 heterocycles. The van der Waals surface area contributed by atoms with E-state index < -0.39 is 0 Å². The molecule has 0 atom stereocenters. The molecule has 3 rings (SSSR count). The van der Waals surface area contributed by atoms with Crippen LogP contribution in [0.25, 0.3) is 0 Å². The Morgan fingerprint density at radius 3 is 2.71 bits per heavy atom. The molecule has 0 fully saturated rings. The Balaban J connectivity index is 1.73. The summed E-state index contributed by atoms with van der Waals surface area (Å²) in [6.07, 6.45) is 0.913. The third-order valence-electron chi connectivity index (χ3n) is 3.22. The van der Waals surface area contributed by atoms with Crippen LogP contribution in [0.3, 0.4) is 0 Å². The highest BCUT2D eigenvalue weighted by Gasteiger charge is 2.10. The molecule has 21 heavy (non-hydrogen) atoms. The van der Waals surface area contributed by atoms with E-state index in [1.54, 1.807) is 0 Å². The zero-order chi connectivity index (χ0) is 14.7. The van der Waals surface area contributed by atoms with Crippen LogP contribution in [0.1, 0.15) is 12.0 Å². The molecule has 0 aromatic heterocycles. The van der Waals surface area contributed by atoms with Gasteiger partial charge < -0.3 is 14.8 Å². The number of rotatable bonds is 3. The van der Waals surface area contributed by atoms with E-state index in [2.05, 4.69) is 21.2 Å². The van der Waals surface area contributed by atoms with E-state index in [4.69, 9.17) is 21.1 Å². The Labute approximate surface area is 137 Å². The molecular weight excluding hydrogens is 354 g/mol. The molecule has 0 aliphatic carbocycles. The molecule has 3 nitrogen and oxygen atoms in total. The van der Waals surface area contributed by atoms with Crippen LogP contribution in [0.5, 0.6) is 11.5 Å². The lowest BCUT2D eigenvalue weighted by molar-refractivity contribution is 0.297. The monoisotopic (exact) mass is 367 g/mol. The van der Waals surface area contributed by atoms with Crippen molar-refractivity contribution in [1.29, 1.82) is 0 Å². The number of fused-ring (bicyclic) bond motifs is 1. The molecule has 0 bridgehead atoms. The largest absolute Gasteiger partial charge is 0.490 e. The smallest absolute Gasteiger partial charge is 0.161 e. The molecule has 0 spiro atoms. The number of ether oxygens (including phenoxy) is 2. The SMILES string of the molecule is Clc1ccc(Br)cc1NCc1ccc2c(c1)OCCCO2. The zero-order valence-electron chi connectivity index (χ0n) is 11.4. The molecule has 0 radical (unpaired) electrons. The predicted octanol–water partition coefficient (Wildman–Crippen LogP) is 4.88. The Morgan fingerprint density at radius 2 is 1.86 bits per heavy atom. The summed E-state index contributed by atoms with van der Waals surface area (Å²) in [7, 11) is 0. The normalized spacial score (nSPS) is 13.6. The van der Waals surface area contributed by atoms with Crippen molar-refractivity contribution in [3.8, 4) is 11.5 Å². The van der Waals surface area contributed by atoms with Gasteiger partial charge in [-0.15, -0.1) is 0 Å². The Morgan fingerprint density at radius 1 is 1.05 bits per heavy atom. The summed E-state index contributed by atoms with van der Waals surface area (Å²) < 4.78 is 12.3. The van der Waals surface area contributed by atoms with Gasteiger partial charge in [0.1, 0.15) is 0 Å². The van der Waals surface area contributed by atoms with Crippen molar-refractivity contribution in [3.05, 3.63) is 51.5 Å². The van der Waals surface area contributed by atoms with Crippen LogP contribution in [-0.4, -0.2) is 13.2 Å². The van der Waals surface area contributed by atoms with Crippen LogP contribution in [0.15, 0.2) is 40.9 Å². The summed E-state index contributed by atoms with van der Waals surface area (Å²) in [5, 5.41) is 4.04. The first kappa shape index (κ1) is 14.5. The molecule has 0 unspecified atom stereocenters. The van der Waals surface area contributed by atoms with E-state index in [1.165, 1.54) is 0 Å². The lowest BCUT2D eigenvalue weighted by Gasteiger charge is -2.12. The lowest BCUT2D eigenvalue weighted by Crippen LogP contribution is -2.01. The van der Waals surface area contributed by atoms with Gasteiger partial charge in [-0.25, -0.2) is 0 Å². The molecule has 1 aliphatic rings. The number of hydrogen-bond acceptors (Lipinski definition) is 3. The standard InChI is InChI=1S/C16H15BrClNO2/c17-12-3-4-13(18)14(9-12)19-10-11-2-5-15-16(8-11)21-7-1-6-20-15/h2-5,8-9,19H,1,6-7,10H2. The molecule has 0 saturated carbocycles. The topological polar surface area (TPSA) is 30.5 Å². The number of hydrogen-bond donors (Lipinski definition) is 1. The van der Waals surface area contributed by atoms with Crippen LogP contribution in [0.4, 0.5) is 5.69 Å². The number of benzene rings is 2. The molecular formula is C16H15BrClNO2. The van der Waals surface area contributed by atoms with Gasteiger partial charge in [-0.05, 0) is 35.9 Å². The minimum absolute atomic E-state index is 0.673. The minimum atomic E-state index is 0.673. The van der Waals surface area contributed by atoms with Gasteiger partial charge in [-0.2, -0.15) is 0 Å². The van der Waals surface area contributed by atoms with Crippen LogP contribution < -0.4 is 14.8 Å².